The fourth-order valence-electron chi connectivity index (χ4n) is 1.60. The van der Waals surface area contributed by atoms with E-state index in [1.807, 2.05) is 0 Å². The van der Waals surface area contributed by atoms with Gasteiger partial charge in [0.25, 0.3) is 0 Å². The second-order valence-corrected chi connectivity index (χ2v) is 4.82. The Balaban J connectivity index is 2.37. The average Bonchev–Trinajstić information content (AvgIpc) is 2.15. The molecule has 0 unspecified atom stereocenters. The molecule has 1 saturated heterocycles. The molecule has 0 saturated carbocycles. The number of β-lactam (4-membered cyclic amide) rings is 1. The lowest BCUT2D eigenvalue weighted by atomic mass is 10.1. The minimum Gasteiger partial charge on any atom is -0.477 e. The monoisotopic (exact) mass is 233 g/mol. The van der Waals surface area contributed by atoms with E-state index in [2.05, 4.69) is 0 Å². The number of carbonyl (C=O) groups is 2. The molecule has 76 valence electrons. The maximum atomic E-state index is 11.3. The summed E-state index contributed by atoms with van der Waals surface area (Å²) in [6, 6.07) is 0. The number of carboxylic acids is 1. The van der Waals surface area contributed by atoms with Crippen LogP contribution in [0.3, 0.4) is 0 Å². The van der Waals surface area contributed by atoms with Gasteiger partial charge in [-0.15, -0.1) is 23.4 Å². The lowest BCUT2D eigenvalue weighted by Gasteiger charge is -2.46. The predicted octanol–water partition coefficient (Wildman–Crippen LogP) is 0.867. The molecular formula is C8H8ClNO3S. The van der Waals surface area contributed by atoms with Crippen molar-refractivity contribution >= 4 is 35.2 Å². The zero-order valence-electron chi connectivity index (χ0n) is 7.36. The number of nitrogens with zero attached hydrogens (tertiary/aromatic N) is 1. The summed E-state index contributed by atoms with van der Waals surface area (Å²) >= 11 is 7.27. The van der Waals surface area contributed by atoms with Gasteiger partial charge < -0.3 is 5.11 Å². The summed E-state index contributed by atoms with van der Waals surface area (Å²) in [6.07, 6.45) is 0. The van der Waals surface area contributed by atoms with Crippen LogP contribution in [0, 0.1) is 0 Å². The number of carboxylic acid groups (broad SMARTS) is 1. The van der Waals surface area contributed by atoms with E-state index in [1.165, 1.54) is 16.7 Å². The summed E-state index contributed by atoms with van der Waals surface area (Å²) in [7, 11) is 0. The van der Waals surface area contributed by atoms with Gasteiger partial charge in [-0.05, 0) is 12.5 Å². The van der Waals surface area contributed by atoms with Crippen LogP contribution in [0.2, 0.25) is 0 Å². The minimum atomic E-state index is -1.05. The van der Waals surface area contributed by atoms with Gasteiger partial charge in [-0.3, -0.25) is 9.69 Å². The normalized spacial score (nSPS) is 31.3. The van der Waals surface area contributed by atoms with E-state index in [1.54, 1.807) is 6.92 Å². The van der Waals surface area contributed by atoms with Gasteiger partial charge in [-0.1, -0.05) is 0 Å². The molecule has 0 aromatic heterocycles. The van der Waals surface area contributed by atoms with Crippen LogP contribution < -0.4 is 0 Å². The summed E-state index contributed by atoms with van der Waals surface area (Å²) in [5.74, 6) is -0.732. The Morgan fingerprint density at radius 1 is 1.71 bits per heavy atom. The van der Waals surface area contributed by atoms with Crippen LogP contribution in [0.1, 0.15) is 6.92 Å². The van der Waals surface area contributed by atoms with Gasteiger partial charge in [0.2, 0.25) is 5.91 Å². The highest BCUT2D eigenvalue weighted by Gasteiger charge is 2.52. The first-order valence-corrected chi connectivity index (χ1v) is 5.54. The Kier molecular flexibility index (Phi) is 2.23. The van der Waals surface area contributed by atoms with E-state index in [9.17, 15) is 9.59 Å². The van der Waals surface area contributed by atoms with Crippen molar-refractivity contribution in [3.05, 3.63) is 11.3 Å². The van der Waals surface area contributed by atoms with Crippen molar-refractivity contribution in [1.29, 1.82) is 0 Å². The van der Waals surface area contributed by atoms with Gasteiger partial charge >= 0.3 is 5.97 Å². The number of rotatable bonds is 1. The number of aliphatic carboxylic acids is 1. The van der Waals surface area contributed by atoms with E-state index in [-0.39, 0.29) is 17.0 Å². The third kappa shape index (κ3) is 1.15. The highest BCUT2D eigenvalue weighted by Crippen LogP contribution is 2.42. The summed E-state index contributed by atoms with van der Waals surface area (Å²) in [5, 5.41) is 8.17. The molecule has 0 radical (unpaired) electrons. The molecule has 2 atom stereocenters. The topological polar surface area (TPSA) is 57.6 Å². The number of halogens is 1. The first kappa shape index (κ1) is 9.86. The van der Waals surface area contributed by atoms with Crippen LogP contribution in [0.5, 0.6) is 0 Å². The fourth-order valence-corrected chi connectivity index (χ4v) is 3.23. The van der Waals surface area contributed by atoms with Gasteiger partial charge in [-0.2, -0.15) is 0 Å². The molecule has 1 fully saturated rings. The Morgan fingerprint density at radius 3 is 2.93 bits per heavy atom. The molecule has 6 heteroatoms. The molecule has 4 nitrogen and oxygen atoms in total. The number of alkyl halides is 1. The Labute approximate surface area is 89.9 Å². The number of amides is 1. The van der Waals surface area contributed by atoms with Gasteiger partial charge in [-0.25, -0.2) is 4.79 Å². The second kappa shape index (κ2) is 3.17. The lowest BCUT2D eigenvalue weighted by molar-refractivity contribution is -0.145. The van der Waals surface area contributed by atoms with Gasteiger partial charge in [0.15, 0.2) is 0 Å². The zero-order valence-corrected chi connectivity index (χ0v) is 8.93. The van der Waals surface area contributed by atoms with Crippen molar-refractivity contribution < 1.29 is 14.7 Å². The van der Waals surface area contributed by atoms with E-state index in [0.29, 0.717) is 5.75 Å². The molecule has 0 aromatic rings. The molecule has 2 aliphatic heterocycles. The van der Waals surface area contributed by atoms with Crippen molar-refractivity contribution in [2.75, 3.05) is 5.75 Å². The van der Waals surface area contributed by atoms with Crippen molar-refractivity contribution in [3.8, 4) is 0 Å². The zero-order chi connectivity index (χ0) is 10.5. The standard InChI is InChI=1S/C8H8ClNO3S/c1-3-2-14-7-4(9)6(11)10(7)5(3)8(12)13/h4,7H,2H2,1H3,(H,12,13)/t4-,7-/m0/s1. The number of carbonyl (C=O) groups excluding carboxylic acids is 1. The lowest BCUT2D eigenvalue weighted by Crippen LogP contribution is -2.62. The van der Waals surface area contributed by atoms with Gasteiger partial charge in [0, 0.05) is 5.75 Å². The van der Waals surface area contributed by atoms with E-state index >= 15 is 0 Å². The van der Waals surface area contributed by atoms with Crippen molar-refractivity contribution in [2.24, 2.45) is 0 Å². The first-order valence-electron chi connectivity index (χ1n) is 4.06. The molecule has 1 N–H and O–H groups in total. The second-order valence-electron chi connectivity index (χ2n) is 3.25. The van der Waals surface area contributed by atoms with Crippen molar-refractivity contribution in [1.82, 2.24) is 4.90 Å². The van der Waals surface area contributed by atoms with Crippen LogP contribution in [0.15, 0.2) is 11.3 Å². The van der Waals surface area contributed by atoms with Crippen molar-refractivity contribution in [2.45, 2.75) is 17.7 Å². The molecule has 0 bridgehead atoms. The molecule has 2 rings (SSSR count). The van der Waals surface area contributed by atoms with Gasteiger partial charge in [0.1, 0.15) is 16.4 Å². The predicted molar refractivity (Wildman–Crippen MR) is 53.1 cm³/mol. The van der Waals surface area contributed by atoms with Crippen LogP contribution in [0.4, 0.5) is 0 Å². The third-order valence-electron chi connectivity index (χ3n) is 2.30. The highest BCUT2D eigenvalue weighted by atomic mass is 35.5. The highest BCUT2D eigenvalue weighted by molar-refractivity contribution is 8.00. The molecule has 2 heterocycles. The first-order chi connectivity index (χ1) is 6.54. The maximum absolute atomic E-state index is 11.3. The summed E-state index contributed by atoms with van der Waals surface area (Å²) < 4.78 is 0. The van der Waals surface area contributed by atoms with Crippen molar-refractivity contribution in [3.63, 3.8) is 0 Å². The molecule has 0 spiro atoms. The van der Waals surface area contributed by atoms with Gasteiger partial charge in [0.05, 0.1) is 0 Å². The molecule has 1 amide bonds. The molecule has 14 heavy (non-hydrogen) atoms. The number of thioether (sulfide) groups is 1. The quantitative estimate of drug-likeness (QED) is 0.539. The van der Waals surface area contributed by atoms with Crippen LogP contribution >= 0.6 is 23.4 Å². The number of hydrogen-bond donors (Lipinski definition) is 1. The molecule has 2 aliphatic rings. The smallest absolute Gasteiger partial charge is 0.352 e. The molecule has 0 aromatic carbocycles. The molecule has 0 aliphatic carbocycles. The summed E-state index contributed by atoms with van der Waals surface area (Å²) in [6.45, 7) is 1.72. The average molecular weight is 234 g/mol. The van der Waals surface area contributed by atoms with Crippen LogP contribution in [-0.2, 0) is 9.59 Å². The summed E-state index contributed by atoms with van der Waals surface area (Å²) in [4.78, 5) is 23.5. The van der Waals surface area contributed by atoms with E-state index in [4.69, 9.17) is 16.7 Å². The fraction of sp³-hybridized carbons (Fsp3) is 0.500. The Hall–Kier alpha value is -0.680. The molecular weight excluding hydrogens is 226 g/mol. The summed E-state index contributed by atoms with van der Waals surface area (Å²) in [5.41, 5.74) is 0.825. The van der Waals surface area contributed by atoms with Crippen LogP contribution in [0.25, 0.3) is 0 Å². The Bertz CT molecular complexity index is 354. The Morgan fingerprint density at radius 2 is 2.36 bits per heavy atom. The number of fused-ring (bicyclic) bond motifs is 1. The number of hydrogen-bond acceptors (Lipinski definition) is 3. The van der Waals surface area contributed by atoms with E-state index in [0.717, 1.165) is 5.57 Å². The van der Waals surface area contributed by atoms with Crippen LogP contribution in [-0.4, -0.2) is 38.4 Å². The SMILES string of the molecule is CC1=C(C(=O)O)N2C(=O)[C@H](Cl)[C@@H]2SC1. The maximum Gasteiger partial charge on any atom is 0.352 e. The minimum absolute atomic E-state index is 0.107. The third-order valence-corrected chi connectivity index (χ3v) is 4.30. The largest absolute Gasteiger partial charge is 0.477 e. The van der Waals surface area contributed by atoms with E-state index < -0.39 is 11.3 Å².